The quantitative estimate of drug-likeness (QED) is 0.773. The summed E-state index contributed by atoms with van der Waals surface area (Å²) in [4.78, 5) is 0. The molecule has 0 amide bonds. The molecule has 1 fully saturated rings. The molecule has 0 aliphatic heterocycles. The lowest BCUT2D eigenvalue weighted by atomic mass is 9.89. The summed E-state index contributed by atoms with van der Waals surface area (Å²) >= 11 is 0. The fourth-order valence-corrected chi connectivity index (χ4v) is 2.48. The molecule has 1 aromatic rings. The van der Waals surface area contributed by atoms with E-state index in [1.807, 2.05) is 0 Å². The van der Waals surface area contributed by atoms with Crippen LogP contribution < -0.4 is 0 Å². The van der Waals surface area contributed by atoms with Gasteiger partial charge in [-0.2, -0.15) is 0 Å². The number of benzene rings is 1. The summed E-state index contributed by atoms with van der Waals surface area (Å²) in [6.07, 6.45) is 4.43. The van der Waals surface area contributed by atoms with Crippen molar-refractivity contribution in [2.75, 3.05) is 0 Å². The Hall–Kier alpha value is -1.00. The van der Waals surface area contributed by atoms with E-state index in [1.165, 1.54) is 12.1 Å². The molecule has 0 unspecified atom stereocenters. The van der Waals surface area contributed by atoms with Gasteiger partial charge in [-0.05, 0) is 37.7 Å². The van der Waals surface area contributed by atoms with Gasteiger partial charge in [0.2, 0.25) is 0 Å². The van der Waals surface area contributed by atoms with Gasteiger partial charge in [-0.3, -0.25) is 0 Å². The standard InChI is InChI=1S/C15H20F2O2/c1-10-2-6-13(7-3-10)19-9-12-5-4-11(8-18)14(16)15(12)17/h4-5,10,13,18H,2-3,6-9H2,1H3/p+1. The first-order chi connectivity index (χ1) is 9.11. The van der Waals surface area contributed by atoms with E-state index in [4.69, 9.17) is 9.84 Å². The molecule has 1 aromatic carbocycles. The normalized spacial score (nSPS) is 23.6. The smallest absolute Gasteiger partial charge is 0.172 e. The third kappa shape index (κ3) is 3.51. The third-order valence-electron chi connectivity index (χ3n) is 3.87. The minimum absolute atomic E-state index is 0.0905. The first-order valence-corrected chi connectivity index (χ1v) is 6.83. The van der Waals surface area contributed by atoms with E-state index in [-0.39, 0.29) is 30.4 Å². The molecule has 0 heterocycles. The van der Waals surface area contributed by atoms with Crippen LogP contribution in [0.4, 0.5) is 8.78 Å². The Morgan fingerprint density at radius 2 is 1.68 bits per heavy atom. The van der Waals surface area contributed by atoms with Gasteiger partial charge in [0.25, 0.3) is 0 Å². The van der Waals surface area contributed by atoms with Crippen LogP contribution in [-0.2, 0) is 18.0 Å². The van der Waals surface area contributed by atoms with Crippen molar-refractivity contribution in [3.05, 3.63) is 34.9 Å². The average molecular weight is 271 g/mol. The highest BCUT2D eigenvalue weighted by Crippen LogP contribution is 2.26. The molecule has 2 rings (SSSR count). The van der Waals surface area contributed by atoms with E-state index in [9.17, 15) is 8.78 Å². The first-order valence-electron chi connectivity index (χ1n) is 6.83. The molecule has 4 heteroatoms. The molecule has 0 saturated heterocycles. The first kappa shape index (κ1) is 14.4. The van der Waals surface area contributed by atoms with Crippen molar-refractivity contribution in [2.45, 2.75) is 51.9 Å². The highest BCUT2D eigenvalue weighted by Gasteiger charge is 2.20. The molecule has 0 radical (unpaired) electrons. The van der Waals surface area contributed by atoms with Gasteiger partial charge < -0.3 is 9.84 Å². The fourth-order valence-electron chi connectivity index (χ4n) is 2.48. The van der Waals surface area contributed by atoms with Gasteiger partial charge in [0.05, 0.1) is 18.3 Å². The van der Waals surface area contributed by atoms with Crippen molar-refractivity contribution in [3.8, 4) is 0 Å². The molecule has 0 spiro atoms. The lowest BCUT2D eigenvalue weighted by molar-refractivity contribution is 0.00734. The van der Waals surface area contributed by atoms with E-state index < -0.39 is 11.6 Å². The van der Waals surface area contributed by atoms with Crippen molar-refractivity contribution in [3.63, 3.8) is 0 Å². The zero-order chi connectivity index (χ0) is 13.8. The number of rotatable bonds is 4. The Kier molecular flexibility index (Phi) is 4.88. The molecule has 2 N–H and O–H groups in total. The summed E-state index contributed by atoms with van der Waals surface area (Å²) in [6.45, 7) is 2.09. The summed E-state index contributed by atoms with van der Waals surface area (Å²) in [5.41, 5.74) is 0.334. The van der Waals surface area contributed by atoms with Crippen LogP contribution in [0.2, 0.25) is 0 Å². The zero-order valence-corrected chi connectivity index (χ0v) is 11.2. The molecule has 1 aliphatic rings. The van der Waals surface area contributed by atoms with Crippen LogP contribution in [0.5, 0.6) is 0 Å². The van der Waals surface area contributed by atoms with Crippen molar-refractivity contribution < 1.29 is 18.6 Å². The molecule has 0 aromatic heterocycles. The van der Waals surface area contributed by atoms with E-state index in [0.717, 1.165) is 31.6 Å². The maximum absolute atomic E-state index is 13.7. The minimum atomic E-state index is -0.909. The monoisotopic (exact) mass is 271 g/mol. The molecule has 106 valence electrons. The molecule has 1 aliphatic carbocycles. The molecule has 0 bridgehead atoms. The number of hydrogen-bond donors (Lipinski definition) is 0. The molecule has 2 nitrogen and oxygen atoms in total. The van der Waals surface area contributed by atoms with Crippen LogP contribution in [0, 0.1) is 17.6 Å². The highest BCUT2D eigenvalue weighted by atomic mass is 19.2. The van der Waals surface area contributed by atoms with Crippen LogP contribution in [0.15, 0.2) is 12.1 Å². The van der Waals surface area contributed by atoms with Crippen LogP contribution in [-0.4, -0.2) is 11.2 Å². The van der Waals surface area contributed by atoms with E-state index in [0.29, 0.717) is 0 Å². The van der Waals surface area contributed by atoms with Crippen LogP contribution in [0.3, 0.4) is 0 Å². The Morgan fingerprint density at radius 1 is 1.11 bits per heavy atom. The van der Waals surface area contributed by atoms with Crippen molar-refractivity contribution in [1.29, 1.82) is 0 Å². The van der Waals surface area contributed by atoms with Crippen molar-refractivity contribution >= 4 is 0 Å². The number of hydrogen-bond acceptors (Lipinski definition) is 1. The Balaban J connectivity index is 1.94. The van der Waals surface area contributed by atoms with Gasteiger partial charge in [0.1, 0.15) is 0 Å². The topological polar surface area (TPSA) is 32.1 Å². The van der Waals surface area contributed by atoms with E-state index in [2.05, 4.69) is 6.92 Å². The molecule has 19 heavy (non-hydrogen) atoms. The van der Waals surface area contributed by atoms with Crippen molar-refractivity contribution in [1.82, 2.24) is 0 Å². The summed E-state index contributed by atoms with van der Waals surface area (Å²) in [7, 11) is 0. The Labute approximate surface area is 112 Å². The van der Waals surface area contributed by atoms with Gasteiger partial charge in [0.15, 0.2) is 18.2 Å². The third-order valence-corrected chi connectivity index (χ3v) is 3.87. The summed E-state index contributed by atoms with van der Waals surface area (Å²) in [5, 5.41) is 7.09. The predicted molar refractivity (Wildman–Crippen MR) is 69.9 cm³/mol. The van der Waals surface area contributed by atoms with E-state index in [1.54, 1.807) is 0 Å². The van der Waals surface area contributed by atoms with Gasteiger partial charge in [0, 0.05) is 5.56 Å². The fraction of sp³-hybridized carbons (Fsp3) is 0.600. The molecular formula is C15H21F2O2+. The zero-order valence-electron chi connectivity index (χ0n) is 11.2. The van der Waals surface area contributed by atoms with Gasteiger partial charge in [-0.25, -0.2) is 8.78 Å². The average Bonchev–Trinajstić information content (AvgIpc) is 2.42. The second-order valence-corrected chi connectivity index (χ2v) is 5.38. The van der Waals surface area contributed by atoms with E-state index >= 15 is 0 Å². The molecule has 1 saturated carbocycles. The summed E-state index contributed by atoms with van der Waals surface area (Å²) in [5.74, 6) is -1.03. The highest BCUT2D eigenvalue weighted by molar-refractivity contribution is 5.25. The SMILES string of the molecule is CC1CCC(OCc2ccc(C[OH2+])c(F)c2F)CC1. The largest absolute Gasteiger partial charge is 0.442 e. The summed E-state index contributed by atoms with van der Waals surface area (Å²) < 4.78 is 32.9. The Bertz CT molecular complexity index is 426. The predicted octanol–water partition coefficient (Wildman–Crippen LogP) is 3.28. The number of halogens is 2. The maximum atomic E-state index is 13.7. The van der Waals surface area contributed by atoms with Crippen LogP contribution in [0.25, 0.3) is 0 Å². The lowest BCUT2D eigenvalue weighted by Crippen LogP contribution is -2.20. The Morgan fingerprint density at radius 3 is 2.32 bits per heavy atom. The summed E-state index contributed by atoms with van der Waals surface area (Å²) in [6, 6.07) is 2.99. The number of ether oxygens (including phenoxy) is 1. The van der Waals surface area contributed by atoms with Gasteiger partial charge in [-0.15, -0.1) is 0 Å². The van der Waals surface area contributed by atoms with Crippen LogP contribution in [0.1, 0.15) is 43.7 Å². The molecular weight excluding hydrogens is 250 g/mol. The van der Waals surface area contributed by atoms with Crippen molar-refractivity contribution in [2.24, 2.45) is 5.92 Å². The second-order valence-electron chi connectivity index (χ2n) is 5.38. The lowest BCUT2D eigenvalue weighted by Gasteiger charge is -2.26. The second kappa shape index (κ2) is 6.44. The maximum Gasteiger partial charge on any atom is 0.172 e. The minimum Gasteiger partial charge on any atom is -0.442 e. The van der Waals surface area contributed by atoms with Gasteiger partial charge in [-0.1, -0.05) is 13.0 Å². The molecule has 0 atom stereocenters. The van der Waals surface area contributed by atoms with Gasteiger partial charge >= 0.3 is 0 Å². The van der Waals surface area contributed by atoms with Crippen LogP contribution >= 0.6 is 0 Å².